The number of carbonyl (C=O) groups is 1. The number of halogens is 3. The molecule has 98 valence electrons. The Morgan fingerprint density at radius 1 is 1.05 bits per heavy atom. The van der Waals surface area contributed by atoms with Gasteiger partial charge in [-0.25, -0.2) is 13.2 Å². The fourth-order valence-electron chi connectivity index (χ4n) is 1.73. The van der Waals surface area contributed by atoms with Gasteiger partial charge in [-0.1, -0.05) is 12.1 Å². The molecule has 0 N–H and O–H groups in total. The number of rotatable bonds is 3. The van der Waals surface area contributed by atoms with E-state index >= 15 is 0 Å². The first kappa shape index (κ1) is 13.1. The van der Waals surface area contributed by atoms with Gasteiger partial charge in [-0.2, -0.15) is 0 Å². The molecular weight excluding hydrogens is 257 g/mol. The van der Waals surface area contributed by atoms with Crippen LogP contribution in [-0.4, -0.2) is 12.9 Å². The van der Waals surface area contributed by atoms with Gasteiger partial charge in [-0.05, 0) is 12.1 Å². The lowest BCUT2D eigenvalue weighted by Crippen LogP contribution is -2.09. The van der Waals surface area contributed by atoms with Crippen LogP contribution in [0.1, 0.15) is 15.9 Å². The standard InChI is InChI=1S/C14H9F3O2/c1-19-12-5-3-2-4-9(12)14(18)13-10(16)6-8(15)7-11(13)17/h2-7H,1H3. The van der Waals surface area contributed by atoms with Gasteiger partial charge in [-0.3, -0.25) is 4.79 Å². The molecule has 0 fully saturated rings. The predicted molar refractivity (Wildman–Crippen MR) is 62.7 cm³/mol. The summed E-state index contributed by atoms with van der Waals surface area (Å²) in [6, 6.07) is 6.95. The van der Waals surface area contributed by atoms with E-state index in [2.05, 4.69) is 0 Å². The molecule has 0 saturated heterocycles. The van der Waals surface area contributed by atoms with Crippen molar-refractivity contribution in [2.45, 2.75) is 0 Å². The van der Waals surface area contributed by atoms with Crippen molar-refractivity contribution in [3.8, 4) is 5.75 Å². The van der Waals surface area contributed by atoms with Crippen LogP contribution in [0.25, 0.3) is 0 Å². The summed E-state index contributed by atoms with van der Waals surface area (Å²) in [7, 11) is 1.34. The Bertz CT molecular complexity index is 615. The fourth-order valence-corrected chi connectivity index (χ4v) is 1.73. The van der Waals surface area contributed by atoms with E-state index in [1.807, 2.05) is 0 Å². The first-order valence-corrected chi connectivity index (χ1v) is 5.37. The van der Waals surface area contributed by atoms with E-state index in [0.29, 0.717) is 12.1 Å². The van der Waals surface area contributed by atoms with Crippen LogP contribution in [0.3, 0.4) is 0 Å². The maximum Gasteiger partial charge on any atom is 0.202 e. The first-order valence-electron chi connectivity index (χ1n) is 5.37. The number of methoxy groups -OCH3 is 1. The number of ether oxygens (including phenoxy) is 1. The Kier molecular flexibility index (Phi) is 3.55. The van der Waals surface area contributed by atoms with E-state index in [1.165, 1.54) is 25.3 Å². The summed E-state index contributed by atoms with van der Waals surface area (Å²) >= 11 is 0. The van der Waals surface area contributed by atoms with E-state index < -0.39 is 28.8 Å². The van der Waals surface area contributed by atoms with Gasteiger partial charge in [0.05, 0.1) is 18.2 Å². The lowest BCUT2D eigenvalue weighted by molar-refractivity contribution is 0.102. The minimum Gasteiger partial charge on any atom is -0.496 e. The molecule has 2 aromatic carbocycles. The second kappa shape index (κ2) is 5.14. The molecule has 2 rings (SSSR count). The summed E-state index contributed by atoms with van der Waals surface area (Å²) in [4.78, 5) is 12.1. The van der Waals surface area contributed by atoms with Crippen molar-refractivity contribution in [2.75, 3.05) is 7.11 Å². The fraction of sp³-hybridized carbons (Fsp3) is 0.0714. The van der Waals surface area contributed by atoms with E-state index in [9.17, 15) is 18.0 Å². The van der Waals surface area contributed by atoms with Crippen molar-refractivity contribution >= 4 is 5.78 Å². The Morgan fingerprint density at radius 3 is 2.21 bits per heavy atom. The molecule has 2 aromatic rings. The van der Waals surface area contributed by atoms with Gasteiger partial charge in [0.1, 0.15) is 23.2 Å². The van der Waals surface area contributed by atoms with Crippen LogP contribution in [0.4, 0.5) is 13.2 Å². The quantitative estimate of drug-likeness (QED) is 0.796. The molecule has 0 radical (unpaired) electrons. The van der Waals surface area contributed by atoms with Gasteiger partial charge in [0.25, 0.3) is 0 Å². The molecular formula is C14H9F3O2. The van der Waals surface area contributed by atoms with Crippen LogP contribution in [0.15, 0.2) is 36.4 Å². The molecule has 0 amide bonds. The monoisotopic (exact) mass is 266 g/mol. The van der Waals surface area contributed by atoms with Gasteiger partial charge in [0, 0.05) is 12.1 Å². The molecule has 0 aliphatic rings. The first-order chi connectivity index (χ1) is 9.04. The van der Waals surface area contributed by atoms with Crippen LogP contribution in [0, 0.1) is 17.5 Å². The third-order valence-electron chi connectivity index (χ3n) is 2.59. The number of ketones is 1. The number of benzene rings is 2. The minimum absolute atomic E-state index is 0.00871. The SMILES string of the molecule is COc1ccccc1C(=O)c1c(F)cc(F)cc1F. The van der Waals surface area contributed by atoms with E-state index in [4.69, 9.17) is 4.74 Å². The van der Waals surface area contributed by atoms with Gasteiger partial charge in [0.2, 0.25) is 5.78 Å². The average Bonchev–Trinajstić information content (AvgIpc) is 2.37. The van der Waals surface area contributed by atoms with Crippen LogP contribution in [-0.2, 0) is 0 Å². The van der Waals surface area contributed by atoms with Gasteiger partial charge in [0.15, 0.2) is 0 Å². The van der Waals surface area contributed by atoms with E-state index in [-0.39, 0.29) is 11.3 Å². The van der Waals surface area contributed by atoms with Gasteiger partial charge in [-0.15, -0.1) is 0 Å². The number of hydrogen-bond donors (Lipinski definition) is 0. The lowest BCUT2D eigenvalue weighted by atomic mass is 10.0. The van der Waals surface area contributed by atoms with Crippen molar-refractivity contribution in [3.63, 3.8) is 0 Å². The highest BCUT2D eigenvalue weighted by Crippen LogP contribution is 2.24. The second-order valence-electron chi connectivity index (χ2n) is 3.77. The smallest absolute Gasteiger partial charge is 0.202 e. The van der Waals surface area contributed by atoms with Crippen LogP contribution >= 0.6 is 0 Å². The van der Waals surface area contributed by atoms with E-state index in [0.717, 1.165) is 0 Å². The van der Waals surface area contributed by atoms with Crippen LogP contribution in [0.2, 0.25) is 0 Å². The van der Waals surface area contributed by atoms with Gasteiger partial charge >= 0.3 is 0 Å². The summed E-state index contributed by atoms with van der Waals surface area (Å²) in [5.74, 6) is -4.27. The van der Waals surface area contributed by atoms with Crippen molar-refractivity contribution in [1.82, 2.24) is 0 Å². The van der Waals surface area contributed by atoms with Crippen molar-refractivity contribution in [3.05, 3.63) is 65.0 Å². The van der Waals surface area contributed by atoms with Crippen LogP contribution < -0.4 is 4.74 Å². The molecule has 19 heavy (non-hydrogen) atoms. The largest absolute Gasteiger partial charge is 0.496 e. The van der Waals surface area contributed by atoms with Gasteiger partial charge < -0.3 is 4.74 Å². The van der Waals surface area contributed by atoms with Crippen molar-refractivity contribution in [1.29, 1.82) is 0 Å². The minimum atomic E-state index is -1.24. The zero-order valence-corrected chi connectivity index (χ0v) is 9.91. The Labute approximate surface area is 107 Å². The predicted octanol–water partition coefficient (Wildman–Crippen LogP) is 3.34. The molecule has 0 aliphatic carbocycles. The highest BCUT2D eigenvalue weighted by molar-refractivity contribution is 6.11. The zero-order chi connectivity index (χ0) is 14.0. The Balaban J connectivity index is 2.57. The van der Waals surface area contributed by atoms with Crippen molar-refractivity contribution in [2.24, 2.45) is 0 Å². The topological polar surface area (TPSA) is 26.3 Å². The molecule has 0 heterocycles. The third-order valence-corrected chi connectivity index (χ3v) is 2.59. The molecule has 0 saturated carbocycles. The summed E-state index contributed by atoms with van der Waals surface area (Å²) in [6.07, 6.45) is 0. The number of carbonyl (C=O) groups excluding carboxylic acids is 1. The van der Waals surface area contributed by atoms with E-state index in [1.54, 1.807) is 6.07 Å². The maximum atomic E-state index is 13.5. The summed E-state index contributed by atoms with van der Waals surface area (Å²) < 4.78 is 44.8. The molecule has 0 bridgehead atoms. The highest BCUT2D eigenvalue weighted by atomic mass is 19.1. The normalized spacial score (nSPS) is 10.3. The van der Waals surface area contributed by atoms with Crippen LogP contribution in [0.5, 0.6) is 5.75 Å². The zero-order valence-electron chi connectivity index (χ0n) is 9.91. The number of hydrogen-bond acceptors (Lipinski definition) is 2. The molecule has 0 spiro atoms. The summed E-state index contributed by atoms with van der Waals surface area (Å²) in [5.41, 5.74) is -0.791. The molecule has 0 aromatic heterocycles. The second-order valence-corrected chi connectivity index (χ2v) is 3.77. The molecule has 0 unspecified atom stereocenters. The van der Waals surface area contributed by atoms with Crippen molar-refractivity contribution < 1.29 is 22.7 Å². The Morgan fingerprint density at radius 2 is 1.63 bits per heavy atom. The maximum absolute atomic E-state index is 13.5. The Hall–Kier alpha value is -2.30. The number of para-hydroxylation sites is 1. The highest BCUT2D eigenvalue weighted by Gasteiger charge is 2.22. The average molecular weight is 266 g/mol. The molecule has 5 heteroatoms. The molecule has 2 nitrogen and oxygen atoms in total. The third kappa shape index (κ3) is 2.45. The molecule has 0 aliphatic heterocycles. The lowest BCUT2D eigenvalue weighted by Gasteiger charge is -2.08. The summed E-state index contributed by atoms with van der Waals surface area (Å²) in [6.45, 7) is 0. The summed E-state index contributed by atoms with van der Waals surface area (Å²) in [5, 5.41) is 0. The molecule has 0 atom stereocenters.